The Balaban J connectivity index is 1.79. The largest absolute Gasteiger partial charge is 0.493 e. The molecule has 0 N–H and O–H groups in total. The van der Waals surface area contributed by atoms with Crippen LogP contribution in [-0.4, -0.2) is 62.1 Å². The molecule has 2 aliphatic heterocycles. The molecule has 2 saturated heterocycles. The third-order valence-corrected chi connectivity index (χ3v) is 8.55. The zero-order valence-electron chi connectivity index (χ0n) is 18.0. The molecule has 0 radical (unpaired) electrons. The molecular weight excluding hydrogens is 424 g/mol. The van der Waals surface area contributed by atoms with Gasteiger partial charge in [-0.05, 0) is 69.7 Å². The molecule has 2 fully saturated rings. The van der Waals surface area contributed by atoms with Crippen LogP contribution in [0.25, 0.3) is 0 Å². The Bertz CT molecular complexity index is 855. The van der Waals surface area contributed by atoms with E-state index in [2.05, 4.69) is 0 Å². The molecule has 1 aromatic carbocycles. The molecule has 8 heteroatoms. The SMILES string of the molecule is CCS(=O)(=O)N1CCC[C@@](COc2ccc(Cl)c(C)c2)(CC(=O)N2CCCCC2)C1. The van der Waals surface area contributed by atoms with E-state index in [1.807, 2.05) is 24.0 Å². The van der Waals surface area contributed by atoms with Gasteiger partial charge in [-0.1, -0.05) is 11.6 Å². The summed E-state index contributed by atoms with van der Waals surface area (Å²) in [6.07, 6.45) is 5.06. The minimum absolute atomic E-state index is 0.0698. The number of benzene rings is 1. The lowest BCUT2D eigenvalue weighted by Crippen LogP contribution is -2.51. The summed E-state index contributed by atoms with van der Waals surface area (Å²) in [5.74, 6) is 0.874. The molecule has 2 heterocycles. The maximum Gasteiger partial charge on any atom is 0.223 e. The number of hydrogen-bond donors (Lipinski definition) is 0. The van der Waals surface area contributed by atoms with Crippen molar-refractivity contribution >= 4 is 27.5 Å². The van der Waals surface area contributed by atoms with Gasteiger partial charge in [-0.2, -0.15) is 0 Å². The summed E-state index contributed by atoms with van der Waals surface area (Å²) < 4.78 is 32.8. The number of ether oxygens (including phenoxy) is 1. The molecule has 0 spiro atoms. The Labute approximate surface area is 185 Å². The Morgan fingerprint density at radius 2 is 1.90 bits per heavy atom. The average molecular weight is 457 g/mol. The van der Waals surface area contributed by atoms with E-state index in [0.29, 0.717) is 36.9 Å². The van der Waals surface area contributed by atoms with Crippen LogP contribution in [0.3, 0.4) is 0 Å². The van der Waals surface area contributed by atoms with Crippen LogP contribution in [0.15, 0.2) is 18.2 Å². The molecule has 0 bridgehead atoms. The van der Waals surface area contributed by atoms with Gasteiger partial charge in [-0.15, -0.1) is 0 Å². The lowest BCUT2D eigenvalue weighted by molar-refractivity contribution is -0.136. The van der Waals surface area contributed by atoms with Gasteiger partial charge < -0.3 is 9.64 Å². The first kappa shape index (κ1) is 23.4. The van der Waals surface area contributed by atoms with Gasteiger partial charge >= 0.3 is 0 Å². The fourth-order valence-electron chi connectivity index (χ4n) is 4.42. The summed E-state index contributed by atoms with van der Waals surface area (Å²) in [6, 6.07) is 5.50. The van der Waals surface area contributed by atoms with E-state index < -0.39 is 15.4 Å². The number of carbonyl (C=O) groups excluding carboxylic acids is 1. The van der Waals surface area contributed by atoms with E-state index in [9.17, 15) is 13.2 Å². The molecule has 0 aromatic heterocycles. The first-order valence-corrected chi connectivity index (χ1v) is 12.9. The van der Waals surface area contributed by atoms with E-state index in [-0.39, 0.29) is 11.7 Å². The third-order valence-electron chi connectivity index (χ3n) is 6.29. The van der Waals surface area contributed by atoms with E-state index in [1.165, 1.54) is 0 Å². The van der Waals surface area contributed by atoms with Gasteiger partial charge in [0.25, 0.3) is 0 Å². The zero-order chi connectivity index (χ0) is 21.8. The van der Waals surface area contributed by atoms with Gasteiger partial charge in [0, 0.05) is 43.0 Å². The van der Waals surface area contributed by atoms with E-state index in [1.54, 1.807) is 17.3 Å². The lowest BCUT2D eigenvalue weighted by atomic mass is 9.78. The molecule has 1 aromatic rings. The number of likely N-dealkylation sites (tertiary alicyclic amines) is 1. The number of halogens is 1. The maximum absolute atomic E-state index is 13.1. The van der Waals surface area contributed by atoms with Gasteiger partial charge in [0.15, 0.2) is 0 Å². The minimum atomic E-state index is -3.31. The quantitative estimate of drug-likeness (QED) is 0.624. The van der Waals surface area contributed by atoms with Crippen molar-refractivity contribution in [2.75, 3.05) is 38.5 Å². The van der Waals surface area contributed by atoms with Crippen LogP contribution >= 0.6 is 11.6 Å². The highest BCUT2D eigenvalue weighted by molar-refractivity contribution is 7.89. The second-order valence-corrected chi connectivity index (χ2v) is 11.3. The number of aryl methyl sites for hydroxylation is 1. The first-order valence-electron chi connectivity index (χ1n) is 10.9. The van der Waals surface area contributed by atoms with Crippen LogP contribution in [0, 0.1) is 12.3 Å². The van der Waals surface area contributed by atoms with Gasteiger partial charge in [0.2, 0.25) is 15.9 Å². The number of amides is 1. The molecular formula is C22H33ClN2O4S. The summed E-state index contributed by atoms with van der Waals surface area (Å²) >= 11 is 6.12. The summed E-state index contributed by atoms with van der Waals surface area (Å²) in [6.45, 7) is 6.32. The van der Waals surface area contributed by atoms with Crippen molar-refractivity contribution in [2.45, 2.75) is 52.4 Å². The van der Waals surface area contributed by atoms with Crippen molar-refractivity contribution in [1.29, 1.82) is 0 Å². The molecule has 0 saturated carbocycles. The second kappa shape index (κ2) is 9.88. The first-order chi connectivity index (χ1) is 14.2. The van der Waals surface area contributed by atoms with E-state index >= 15 is 0 Å². The fraction of sp³-hybridized carbons (Fsp3) is 0.682. The Morgan fingerprint density at radius 3 is 2.57 bits per heavy atom. The van der Waals surface area contributed by atoms with Gasteiger partial charge in [0.1, 0.15) is 5.75 Å². The molecule has 30 heavy (non-hydrogen) atoms. The predicted molar refractivity (Wildman–Crippen MR) is 119 cm³/mol. The molecule has 1 atom stereocenters. The third kappa shape index (κ3) is 5.68. The van der Waals surface area contributed by atoms with Crippen LogP contribution in [0.4, 0.5) is 0 Å². The molecule has 3 rings (SSSR count). The minimum Gasteiger partial charge on any atom is -0.493 e. The molecule has 0 unspecified atom stereocenters. The van der Waals surface area contributed by atoms with Crippen LogP contribution < -0.4 is 4.74 Å². The van der Waals surface area contributed by atoms with Crippen molar-refractivity contribution in [2.24, 2.45) is 5.41 Å². The maximum atomic E-state index is 13.1. The van der Waals surface area contributed by atoms with Crippen LogP contribution in [-0.2, 0) is 14.8 Å². The van der Waals surface area contributed by atoms with Gasteiger partial charge in [-0.25, -0.2) is 12.7 Å². The zero-order valence-corrected chi connectivity index (χ0v) is 19.6. The van der Waals surface area contributed by atoms with Crippen molar-refractivity contribution in [1.82, 2.24) is 9.21 Å². The summed E-state index contributed by atoms with van der Waals surface area (Å²) in [7, 11) is -3.31. The summed E-state index contributed by atoms with van der Waals surface area (Å²) in [5.41, 5.74) is 0.397. The Kier molecular flexibility index (Phi) is 7.69. The highest BCUT2D eigenvalue weighted by Gasteiger charge is 2.42. The predicted octanol–water partition coefficient (Wildman–Crippen LogP) is 3.86. The van der Waals surface area contributed by atoms with Crippen LogP contribution in [0.5, 0.6) is 5.75 Å². The summed E-state index contributed by atoms with van der Waals surface area (Å²) in [4.78, 5) is 15.0. The number of nitrogens with zero attached hydrogens (tertiary/aromatic N) is 2. The second-order valence-electron chi connectivity index (χ2n) is 8.66. The number of rotatable bonds is 7. The molecule has 168 valence electrons. The van der Waals surface area contributed by atoms with E-state index in [4.69, 9.17) is 16.3 Å². The normalized spacial score (nSPS) is 23.4. The monoisotopic (exact) mass is 456 g/mol. The number of piperidine rings is 2. The Hall–Kier alpha value is -1.31. The number of hydrogen-bond acceptors (Lipinski definition) is 4. The fourth-order valence-corrected chi connectivity index (χ4v) is 5.78. The Morgan fingerprint density at radius 1 is 1.17 bits per heavy atom. The smallest absolute Gasteiger partial charge is 0.223 e. The average Bonchev–Trinajstić information content (AvgIpc) is 2.75. The van der Waals surface area contributed by atoms with Crippen molar-refractivity contribution in [3.8, 4) is 5.75 Å². The van der Waals surface area contributed by atoms with Gasteiger partial charge in [0.05, 0.1) is 12.4 Å². The van der Waals surface area contributed by atoms with Crippen molar-refractivity contribution in [3.63, 3.8) is 0 Å². The molecule has 1 amide bonds. The van der Waals surface area contributed by atoms with Crippen molar-refractivity contribution < 1.29 is 17.9 Å². The standard InChI is InChI=1S/C22H33ClN2O4S/c1-3-30(27,28)25-13-7-10-22(16-25,15-21(26)24-11-5-4-6-12-24)17-29-19-8-9-20(23)18(2)14-19/h8-9,14H,3-7,10-13,15-17H2,1-2H3/t22-/m1/s1. The van der Waals surface area contributed by atoms with Crippen LogP contribution in [0.1, 0.15) is 51.0 Å². The number of carbonyl (C=O) groups is 1. The molecule has 6 nitrogen and oxygen atoms in total. The van der Waals surface area contributed by atoms with Gasteiger partial charge in [-0.3, -0.25) is 4.79 Å². The number of sulfonamides is 1. The lowest BCUT2D eigenvalue weighted by Gasteiger charge is -2.42. The highest BCUT2D eigenvalue weighted by Crippen LogP contribution is 2.37. The molecule has 0 aliphatic carbocycles. The summed E-state index contributed by atoms with van der Waals surface area (Å²) in [5, 5.41) is 0.676. The van der Waals surface area contributed by atoms with E-state index in [0.717, 1.165) is 50.8 Å². The van der Waals surface area contributed by atoms with Crippen molar-refractivity contribution in [3.05, 3.63) is 28.8 Å². The van der Waals surface area contributed by atoms with Crippen LogP contribution in [0.2, 0.25) is 5.02 Å². The highest BCUT2D eigenvalue weighted by atomic mass is 35.5. The molecule has 2 aliphatic rings. The topological polar surface area (TPSA) is 66.9 Å².